The summed E-state index contributed by atoms with van der Waals surface area (Å²) in [5, 5.41) is 0. The summed E-state index contributed by atoms with van der Waals surface area (Å²) in [6.45, 7) is 3.53. The van der Waals surface area contributed by atoms with E-state index in [1.807, 2.05) is 0 Å². The largest absolute Gasteiger partial charge is 0.478 e. The van der Waals surface area contributed by atoms with Crippen molar-refractivity contribution in [3.8, 4) is 11.5 Å². The van der Waals surface area contributed by atoms with Gasteiger partial charge < -0.3 is 18.9 Å². The van der Waals surface area contributed by atoms with Gasteiger partial charge in [-0.05, 0) is 32.0 Å². The van der Waals surface area contributed by atoms with E-state index in [4.69, 9.17) is 18.9 Å². The molecule has 0 spiro atoms. The molecule has 0 aliphatic heterocycles. The standard InChI is InChI=1S/C14H17BrO6/c1-3-18-13(16)8-20-11-6-5-10(15)7-12(11)21-9-14(17)19-4-2/h5-7H,3-4,8-9H2,1-2H3. The molecule has 1 aromatic carbocycles. The van der Waals surface area contributed by atoms with Gasteiger partial charge in [0.1, 0.15) is 0 Å². The lowest BCUT2D eigenvalue weighted by molar-refractivity contribution is -0.146. The second kappa shape index (κ2) is 9.23. The first-order valence-electron chi connectivity index (χ1n) is 6.43. The molecule has 0 N–H and O–H groups in total. The number of carbonyl (C=O) groups excluding carboxylic acids is 2. The molecule has 0 radical (unpaired) electrons. The molecule has 116 valence electrons. The summed E-state index contributed by atoms with van der Waals surface area (Å²) in [4.78, 5) is 22.6. The Bertz CT molecular complexity index is 488. The van der Waals surface area contributed by atoms with Crippen LogP contribution >= 0.6 is 15.9 Å². The molecule has 0 bridgehead atoms. The number of ether oxygens (including phenoxy) is 4. The smallest absolute Gasteiger partial charge is 0.344 e. The molecule has 0 saturated heterocycles. The van der Waals surface area contributed by atoms with Crippen LogP contribution in [0.15, 0.2) is 22.7 Å². The number of hydrogen-bond acceptors (Lipinski definition) is 6. The Kier molecular flexibility index (Phi) is 7.60. The fourth-order valence-corrected chi connectivity index (χ4v) is 1.73. The monoisotopic (exact) mass is 360 g/mol. The minimum Gasteiger partial charge on any atom is -0.478 e. The maximum absolute atomic E-state index is 11.3. The summed E-state index contributed by atoms with van der Waals surface area (Å²) in [5.41, 5.74) is 0. The zero-order valence-corrected chi connectivity index (χ0v) is 13.5. The van der Waals surface area contributed by atoms with Crippen molar-refractivity contribution in [1.29, 1.82) is 0 Å². The maximum Gasteiger partial charge on any atom is 0.344 e. The molecule has 1 aromatic rings. The van der Waals surface area contributed by atoms with Gasteiger partial charge in [-0.25, -0.2) is 9.59 Å². The topological polar surface area (TPSA) is 71.1 Å². The van der Waals surface area contributed by atoms with Gasteiger partial charge in [-0.2, -0.15) is 0 Å². The molecule has 1 rings (SSSR count). The van der Waals surface area contributed by atoms with E-state index in [0.29, 0.717) is 11.5 Å². The molecule has 0 saturated carbocycles. The quantitative estimate of drug-likeness (QED) is 0.662. The van der Waals surface area contributed by atoms with Gasteiger partial charge in [0.15, 0.2) is 24.7 Å². The number of esters is 2. The molecule has 0 aromatic heterocycles. The Morgan fingerprint density at radius 1 is 0.952 bits per heavy atom. The van der Waals surface area contributed by atoms with E-state index in [1.54, 1.807) is 32.0 Å². The van der Waals surface area contributed by atoms with Crippen molar-refractivity contribution in [2.24, 2.45) is 0 Å². The van der Waals surface area contributed by atoms with Gasteiger partial charge in [-0.1, -0.05) is 15.9 Å². The van der Waals surface area contributed by atoms with Crippen LogP contribution in [0.5, 0.6) is 11.5 Å². The summed E-state index contributed by atoms with van der Waals surface area (Å²) < 4.78 is 21.0. The van der Waals surface area contributed by atoms with E-state index in [0.717, 1.165) is 4.47 Å². The van der Waals surface area contributed by atoms with Crippen molar-refractivity contribution in [2.45, 2.75) is 13.8 Å². The van der Waals surface area contributed by atoms with E-state index < -0.39 is 11.9 Å². The normalized spacial score (nSPS) is 9.86. The zero-order valence-electron chi connectivity index (χ0n) is 11.9. The Morgan fingerprint density at radius 2 is 1.48 bits per heavy atom. The van der Waals surface area contributed by atoms with Gasteiger partial charge in [0.25, 0.3) is 0 Å². The zero-order chi connectivity index (χ0) is 15.7. The van der Waals surface area contributed by atoms with Crippen LogP contribution in [0.25, 0.3) is 0 Å². The van der Waals surface area contributed by atoms with Crippen molar-refractivity contribution < 1.29 is 28.5 Å². The van der Waals surface area contributed by atoms with Gasteiger partial charge in [0.05, 0.1) is 13.2 Å². The van der Waals surface area contributed by atoms with Crippen molar-refractivity contribution in [3.63, 3.8) is 0 Å². The molecule has 0 atom stereocenters. The van der Waals surface area contributed by atoms with E-state index in [2.05, 4.69) is 15.9 Å². The fraction of sp³-hybridized carbons (Fsp3) is 0.429. The van der Waals surface area contributed by atoms with Crippen LogP contribution in [0.1, 0.15) is 13.8 Å². The minimum atomic E-state index is -0.478. The van der Waals surface area contributed by atoms with Crippen molar-refractivity contribution in [1.82, 2.24) is 0 Å². The molecule has 0 heterocycles. The second-order valence-electron chi connectivity index (χ2n) is 3.78. The van der Waals surface area contributed by atoms with Crippen molar-refractivity contribution in [3.05, 3.63) is 22.7 Å². The van der Waals surface area contributed by atoms with E-state index in [-0.39, 0.29) is 26.4 Å². The Morgan fingerprint density at radius 3 is 2.00 bits per heavy atom. The van der Waals surface area contributed by atoms with Crippen LogP contribution in [0.2, 0.25) is 0 Å². The molecule has 0 aliphatic carbocycles. The molecule has 0 fully saturated rings. The van der Waals surface area contributed by atoms with Gasteiger partial charge in [-0.3, -0.25) is 0 Å². The summed E-state index contributed by atoms with van der Waals surface area (Å²) >= 11 is 3.30. The Labute approximate surface area is 131 Å². The Hall–Kier alpha value is -1.76. The summed E-state index contributed by atoms with van der Waals surface area (Å²) in [6.07, 6.45) is 0. The van der Waals surface area contributed by atoms with Crippen molar-refractivity contribution in [2.75, 3.05) is 26.4 Å². The van der Waals surface area contributed by atoms with Gasteiger partial charge in [0.2, 0.25) is 0 Å². The molecule has 0 aliphatic rings. The summed E-state index contributed by atoms with van der Waals surface area (Å²) in [6, 6.07) is 5.00. The van der Waals surface area contributed by atoms with Crippen LogP contribution in [0, 0.1) is 0 Å². The average Bonchev–Trinajstić information content (AvgIpc) is 2.44. The van der Waals surface area contributed by atoms with E-state index in [1.165, 1.54) is 0 Å². The van der Waals surface area contributed by atoms with Crippen LogP contribution < -0.4 is 9.47 Å². The number of rotatable bonds is 8. The van der Waals surface area contributed by atoms with Gasteiger partial charge in [0, 0.05) is 4.47 Å². The Balaban J connectivity index is 2.66. The predicted octanol–water partition coefficient (Wildman–Crippen LogP) is 2.33. The molecule has 7 heteroatoms. The van der Waals surface area contributed by atoms with E-state index in [9.17, 15) is 9.59 Å². The number of halogens is 1. The highest BCUT2D eigenvalue weighted by Gasteiger charge is 2.11. The average molecular weight is 361 g/mol. The molecular formula is C14H17BrO6. The fourth-order valence-electron chi connectivity index (χ4n) is 1.39. The highest BCUT2D eigenvalue weighted by Crippen LogP contribution is 2.30. The first kappa shape index (κ1) is 17.3. The lowest BCUT2D eigenvalue weighted by Gasteiger charge is -2.12. The summed E-state index contributed by atoms with van der Waals surface area (Å²) in [5.74, 6) is -0.275. The molecule has 6 nitrogen and oxygen atoms in total. The summed E-state index contributed by atoms with van der Waals surface area (Å²) in [7, 11) is 0. The highest BCUT2D eigenvalue weighted by atomic mass is 79.9. The first-order chi connectivity index (χ1) is 10.1. The minimum absolute atomic E-state index is 0.231. The molecule has 0 unspecified atom stereocenters. The number of carbonyl (C=O) groups is 2. The van der Waals surface area contributed by atoms with E-state index >= 15 is 0 Å². The van der Waals surface area contributed by atoms with Crippen LogP contribution in [-0.2, 0) is 19.1 Å². The molecular weight excluding hydrogens is 344 g/mol. The number of hydrogen-bond donors (Lipinski definition) is 0. The first-order valence-corrected chi connectivity index (χ1v) is 7.22. The van der Waals surface area contributed by atoms with Gasteiger partial charge in [-0.15, -0.1) is 0 Å². The van der Waals surface area contributed by atoms with Crippen LogP contribution in [0.3, 0.4) is 0 Å². The second-order valence-corrected chi connectivity index (χ2v) is 4.69. The SMILES string of the molecule is CCOC(=O)COc1ccc(Br)cc1OCC(=O)OCC. The molecule has 21 heavy (non-hydrogen) atoms. The van der Waals surface area contributed by atoms with Crippen molar-refractivity contribution >= 4 is 27.9 Å². The highest BCUT2D eigenvalue weighted by molar-refractivity contribution is 9.10. The third-order valence-corrected chi connectivity index (χ3v) is 2.70. The third kappa shape index (κ3) is 6.48. The van der Waals surface area contributed by atoms with Crippen LogP contribution in [-0.4, -0.2) is 38.4 Å². The maximum atomic E-state index is 11.3. The lowest BCUT2D eigenvalue weighted by atomic mass is 10.3. The van der Waals surface area contributed by atoms with Crippen LogP contribution in [0.4, 0.5) is 0 Å². The number of benzene rings is 1. The lowest BCUT2D eigenvalue weighted by Crippen LogP contribution is -2.17. The van der Waals surface area contributed by atoms with Gasteiger partial charge >= 0.3 is 11.9 Å². The third-order valence-electron chi connectivity index (χ3n) is 2.21. The molecule has 0 amide bonds. The predicted molar refractivity (Wildman–Crippen MR) is 78.4 cm³/mol.